The fraction of sp³-hybridized carbons (Fsp3) is 0.316. The molecule has 2 aromatic rings. The molecule has 0 aliphatic carbocycles. The van der Waals surface area contributed by atoms with Crippen LogP contribution in [0.1, 0.15) is 30.5 Å². The summed E-state index contributed by atoms with van der Waals surface area (Å²) in [6.07, 6.45) is 1.96. The highest BCUT2D eigenvalue weighted by Gasteiger charge is 2.33. The van der Waals surface area contributed by atoms with Gasteiger partial charge >= 0.3 is 6.03 Å². The second-order valence-corrected chi connectivity index (χ2v) is 6.35. The minimum atomic E-state index is -0.342. The lowest BCUT2D eigenvalue weighted by Crippen LogP contribution is -2.40. The summed E-state index contributed by atoms with van der Waals surface area (Å²) in [5.41, 5.74) is 2.11. The van der Waals surface area contributed by atoms with Crippen LogP contribution in [0.3, 0.4) is 0 Å². The summed E-state index contributed by atoms with van der Waals surface area (Å²) < 4.78 is 0. The highest BCUT2D eigenvalue weighted by molar-refractivity contribution is 5.89. The maximum atomic E-state index is 12.3. The number of amides is 3. The van der Waals surface area contributed by atoms with Gasteiger partial charge in [-0.25, -0.2) is 9.78 Å². The Morgan fingerprint density at radius 3 is 2.76 bits per heavy atom. The fourth-order valence-corrected chi connectivity index (χ4v) is 3.06. The molecule has 1 aliphatic heterocycles. The second kappa shape index (κ2) is 7.34. The van der Waals surface area contributed by atoms with Gasteiger partial charge in [-0.2, -0.15) is 0 Å². The molecule has 3 rings (SSSR count). The van der Waals surface area contributed by atoms with Gasteiger partial charge < -0.3 is 10.2 Å². The van der Waals surface area contributed by atoms with Crippen LogP contribution in [-0.2, 0) is 4.79 Å². The highest BCUT2D eigenvalue weighted by atomic mass is 16.2. The number of urea groups is 1. The molecule has 0 spiro atoms. The van der Waals surface area contributed by atoms with Crippen LogP contribution in [-0.4, -0.2) is 34.4 Å². The van der Waals surface area contributed by atoms with E-state index in [2.05, 4.69) is 15.6 Å². The Morgan fingerprint density at radius 2 is 2.04 bits per heavy atom. The van der Waals surface area contributed by atoms with Crippen LogP contribution < -0.4 is 10.6 Å². The van der Waals surface area contributed by atoms with Crippen molar-refractivity contribution in [2.75, 3.05) is 11.9 Å². The Kier molecular flexibility index (Phi) is 4.97. The number of carbonyl (C=O) groups is 2. The topological polar surface area (TPSA) is 74.3 Å². The van der Waals surface area contributed by atoms with Crippen molar-refractivity contribution in [3.8, 4) is 0 Å². The summed E-state index contributed by atoms with van der Waals surface area (Å²) in [7, 11) is 0. The molecule has 1 aromatic heterocycles. The Balaban J connectivity index is 1.58. The van der Waals surface area contributed by atoms with E-state index < -0.39 is 0 Å². The largest absolute Gasteiger partial charge is 0.334 e. The van der Waals surface area contributed by atoms with Gasteiger partial charge in [0, 0.05) is 19.2 Å². The van der Waals surface area contributed by atoms with Crippen molar-refractivity contribution < 1.29 is 9.59 Å². The molecule has 6 nitrogen and oxygen atoms in total. The van der Waals surface area contributed by atoms with Crippen LogP contribution in [0.5, 0.6) is 0 Å². The predicted molar refractivity (Wildman–Crippen MR) is 96.1 cm³/mol. The third kappa shape index (κ3) is 4.15. The lowest BCUT2D eigenvalue weighted by atomic mass is 10.1. The van der Waals surface area contributed by atoms with E-state index in [0.717, 1.165) is 11.1 Å². The van der Waals surface area contributed by atoms with Crippen molar-refractivity contribution in [2.24, 2.45) is 0 Å². The van der Waals surface area contributed by atoms with Gasteiger partial charge in [0.15, 0.2) is 0 Å². The number of aromatic nitrogens is 1. The molecule has 25 heavy (non-hydrogen) atoms. The molecular weight excluding hydrogens is 316 g/mol. The molecule has 1 aromatic carbocycles. The maximum absolute atomic E-state index is 12.3. The zero-order valence-corrected chi connectivity index (χ0v) is 14.4. The number of hydrogen-bond donors (Lipinski definition) is 2. The molecule has 2 unspecified atom stereocenters. The van der Waals surface area contributed by atoms with Gasteiger partial charge in [-0.1, -0.05) is 30.3 Å². The van der Waals surface area contributed by atoms with E-state index in [1.807, 2.05) is 55.1 Å². The van der Waals surface area contributed by atoms with Crippen molar-refractivity contribution in [3.63, 3.8) is 0 Å². The molecule has 2 N–H and O–H groups in total. The van der Waals surface area contributed by atoms with Crippen molar-refractivity contribution >= 4 is 17.8 Å². The molecule has 2 atom stereocenters. The second-order valence-electron chi connectivity index (χ2n) is 6.35. The van der Waals surface area contributed by atoms with E-state index in [9.17, 15) is 9.59 Å². The minimum Gasteiger partial charge on any atom is -0.334 e. The number of nitrogens with zero attached hydrogens (tertiary/aromatic N) is 2. The van der Waals surface area contributed by atoms with Gasteiger partial charge in [0.1, 0.15) is 5.82 Å². The molecule has 1 saturated heterocycles. The van der Waals surface area contributed by atoms with Crippen LogP contribution in [0.4, 0.5) is 10.6 Å². The Labute approximate surface area is 147 Å². The molecule has 3 amide bonds. The van der Waals surface area contributed by atoms with Gasteiger partial charge in [-0.05, 0) is 37.1 Å². The molecule has 1 fully saturated rings. The zero-order chi connectivity index (χ0) is 17.8. The number of anilines is 1. The molecule has 1 aliphatic rings. The van der Waals surface area contributed by atoms with Gasteiger partial charge in [0.25, 0.3) is 0 Å². The van der Waals surface area contributed by atoms with Crippen LogP contribution >= 0.6 is 0 Å². The Hall–Kier alpha value is -2.89. The first-order chi connectivity index (χ1) is 12.0. The van der Waals surface area contributed by atoms with Gasteiger partial charge in [0.2, 0.25) is 5.91 Å². The average Bonchev–Trinajstić information content (AvgIpc) is 2.95. The number of pyridine rings is 1. The SMILES string of the molecule is Cc1ccnc(NC(=O)NC2CC(=O)N(C(C)c3ccccc3)C2)c1. The van der Waals surface area contributed by atoms with E-state index in [1.54, 1.807) is 12.3 Å². The van der Waals surface area contributed by atoms with E-state index in [1.165, 1.54) is 0 Å². The first kappa shape index (κ1) is 17.0. The van der Waals surface area contributed by atoms with Crippen molar-refractivity contribution in [1.29, 1.82) is 0 Å². The molecule has 0 saturated carbocycles. The Morgan fingerprint density at radius 1 is 1.28 bits per heavy atom. The summed E-state index contributed by atoms with van der Waals surface area (Å²) in [6, 6.07) is 13.0. The van der Waals surface area contributed by atoms with Crippen molar-refractivity contribution in [2.45, 2.75) is 32.4 Å². The Bertz CT molecular complexity index is 763. The van der Waals surface area contributed by atoms with Crippen molar-refractivity contribution in [3.05, 3.63) is 59.8 Å². The number of likely N-dealkylation sites (tertiary alicyclic amines) is 1. The highest BCUT2D eigenvalue weighted by Crippen LogP contribution is 2.25. The van der Waals surface area contributed by atoms with Crippen LogP contribution in [0.15, 0.2) is 48.7 Å². The van der Waals surface area contributed by atoms with E-state index in [0.29, 0.717) is 18.8 Å². The number of rotatable bonds is 4. The molecule has 2 heterocycles. The van der Waals surface area contributed by atoms with E-state index in [-0.39, 0.29) is 24.0 Å². The average molecular weight is 338 g/mol. The maximum Gasteiger partial charge on any atom is 0.320 e. The predicted octanol–water partition coefficient (Wildman–Crippen LogP) is 2.87. The lowest BCUT2D eigenvalue weighted by Gasteiger charge is -2.25. The lowest BCUT2D eigenvalue weighted by molar-refractivity contribution is -0.129. The number of benzene rings is 1. The first-order valence-corrected chi connectivity index (χ1v) is 8.37. The van der Waals surface area contributed by atoms with Gasteiger partial charge in [-0.3, -0.25) is 10.1 Å². The quantitative estimate of drug-likeness (QED) is 0.900. The summed E-state index contributed by atoms with van der Waals surface area (Å²) in [5, 5.41) is 5.57. The van der Waals surface area contributed by atoms with Gasteiger partial charge in [-0.15, -0.1) is 0 Å². The molecule has 130 valence electrons. The van der Waals surface area contributed by atoms with Crippen LogP contribution in [0.25, 0.3) is 0 Å². The van der Waals surface area contributed by atoms with Crippen molar-refractivity contribution in [1.82, 2.24) is 15.2 Å². The molecule has 0 radical (unpaired) electrons. The van der Waals surface area contributed by atoms with E-state index >= 15 is 0 Å². The summed E-state index contributed by atoms with van der Waals surface area (Å²) in [5.74, 6) is 0.548. The summed E-state index contributed by atoms with van der Waals surface area (Å²) in [4.78, 5) is 30.4. The van der Waals surface area contributed by atoms with Crippen LogP contribution in [0.2, 0.25) is 0 Å². The molecule has 6 heteroatoms. The molecular formula is C19H22N4O2. The van der Waals surface area contributed by atoms with E-state index in [4.69, 9.17) is 0 Å². The zero-order valence-electron chi connectivity index (χ0n) is 14.4. The number of aryl methyl sites for hydroxylation is 1. The monoisotopic (exact) mass is 338 g/mol. The smallest absolute Gasteiger partial charge is 0.320 e. The summed E-state index contributed by atoms with van der Waals surface area (Å²) >= 11 is 0. The normalized spacial score (nSPS) is 18.1. The van der Waals surface area contributed by atoms with Gasteiger partial charge in [0.05, 0.1) is 12.1 Å². The number of nitrogens with one attached hydrogen (secondary N) is 2. The third-order valence-corrected chi connectivity index (χ3v) is 4.40. The molecule has 0 bridgehead atoms. The fourth-order valence-electron chi connectivity index (χ4n) is 3.06. The van der Waals surface area contributed by atoms with Crippen LogP contribution in [0, 0.1) is 6.92 Å². The standard InChI is InChI=1S/C19H22N4O2/c1-13-8-9-20-17(10-13)22-19(25)21-16-11-18(24)23(12-16)14(2)15-6-4-3-5-7-15/h3-10,14,16H,11-12H2,1-2H3,(H2,20,21,22,25). The first-order valence-electron chi connectivity index (χ1n) is 8.37. The number of carbonyl (C=O) groups excluding carboxylic acids is 2. The summed E-state index contributed by atoms with van der Waals surface area (Å²) in [6.45, 7) is 4.44. The minimum absolute atomic E-state index is 0.0120. The number of hydrogen-bond acceptors (Lipinski definition) is 3. The third-order valence-electron chi connectivity index (χ3n) is 4.40.